The van der Waals surface area contributed by atoms with Crippen molar-refractivity contribution in [3.05, 3.63) is 65.4 Å². The maximum absolute atomic E-state index is 11.6. The molecule has 0 spiro atoms. The number of fused-ring (bicyclic) bond motifs is 3. The predicted octanol–water partition coefficient (Wildman–Crippen LogP) is 0.894. The zero-order valence-corrected chi connectivity index (χ0v) is 14.0. The average molecular weight is 336 g/mol. The number of aromatic amines is 1. The molecule has 5 heteroatoms. The van der Waals surface area contributed by atoms with E-state index in [4.69, 9.17) is 4.74 Å². The van der Waals surface area contributed by atoms with Gasteiger partial charge in [0.15, 0.2) is 6.04 Å². The molecule has 0 saturated heterocycles. The molecule has 2 aromatic carbocycles. The Balaban J connectivity index is 1.80. The second-order valence-corrected chi connectivity index (χ2v) is 6.36. The Bertz CT molecular complexity index is 914. The number of nitrogens with one attached hydrogen (secondary N) is 1. The van der Waals surface area contributed by atoms with Crippen LogP contribution in [0.25, 0.3) is 10.9 Å². The number of carbonyl (C=O) groups is 1. The molecular weight excluding hydrogens is 316 g/mol. The molecule has 0 amide bonds. The first-order valence-corrected chi connectivity index (χ1v) is 8.55. The number of benzene rings is 2. The lowest BCUT2D eigenvalue weighted by Crippen LogP contribution is -2.95. The monoisotopic (exact) mass is 336 g/mol. The Morgan fingerprint density at radius 2 is 2.00 bits per heavy atom. The third-order valence-corrected chi connectivity index (χ3v) is 4.86. The molecule has 0 saturated carbocycles. The molecule has 0 bridgehead atoms. The van der Waals surface area contributed by atoms with Gasteiger partial charge in [-0.1, -0.05) is 18.2 Å². The van der Waals surface area contributed by atoms with E-state index < -0.39 is 12.0 Å². The van der Waals surface area contributed by atoms with Gasteiger partial charge in [0.25, 0.3) is 0 Å². The van der Waals surface area contributed by atoms with Crippen molar-refractivity contribution in [2.24, 2.45) is 0 Å². The van der Waals surface area contributed by atoms with E-state index in [0.717, 1.165) is 33.5 Å². The third-order valence-electron chi connectivity index (χ3n) is 4.86. The normalized spacial score (nSPS) is 19.6. The van der Waals surface area contributed by atoms with Crippen molar-refractivity contribution in [3.8, 4) is 5.75 Å². The Morgan fingerprint density at radius 1 is 1.24 bits per heavy atom. The summed E-state index contributed by atoms with van der Waals surface area (Å²) in [4.78, 5) is 15.1. The summed E-state index contributed by atoms with van der Waals surface area (Å²) in [6.45, 7) is 2.57. The first-order valence-electron chi connectivity index (χ1n) is 8.55. The van der Waals surface area contributed by atoms with Gasteiger partial charge in [0.2, 0.25) is 0 Å². The molecule has 0 unspecified atom stereocenters. The van der Waals surface area contributed by atoms with Crippen LogP contribution in [0.15, 0.2) is 48.5 Å². The van der Waals surface area contributed by atoms with Gasteiger partial charge in [0, 0.05) is 22.9 Å². The Morgan fingerprint density at radius 3 is 2.72 bits per heavy atom. The lowest BCUT2D eigenvalue weighted by molar-refractivity contribution is -0.717. The molecule has 0 aliphatic carbocycles. The van der Waals surface area contributed by atoms with Crippen molar-refractivity contribution in [1.82, 2.24) is 4.98 Å². The number of hydrogen-bond acceptors (Lipinski definition) is 3. The number of quaternary nitrogens is 1. The highest BCUT2D eigenvalue weighted by molar-refractivity contribution is 5.86. The van der Waals surface area contributed by atoms with Gasteiger partial charge in [-0.3, -0.25) is 0 Å². The van der Waals surface area contributed by atoms with Gasteiger partial charge in [0.05, 0.1) is 18.3 Å². The van der Waals surface area contributed by atoms with Crippen LogP contribution in [0.3, 0.4) is 0 Å². The van der Waals surface area contributed by atoms with Crippen molar-refractivity contribution >= 4 is 16.9 Å². The Kier molecular flexibility index (Phi) is 3.93. The third kappa shape index (κ3) is 2.76. The van der Waals surface area contributed by atoms with Gasteiger partial charge in [-0.05, 0) is 42.8 Å². The van der Waals surface area contributed by atoms with E-state index >= 15 is 0 Å². The highest BCUT2D eigenvalue weighted by Gasteiger charge is 2.34. The van der Waals surface area contributed by atoms with E-state index in [1.54, 1.807) is 0 Å². The lowest BCUT2D eigenvalue weighted by Gasteiger charge is -2.29. The molecular formula is C20H20N2O3. The number of aromatic nitrogens is 1. The van der Waals surface area contributed by atoms with Crippen LogP contribution in [-0.2, 0) is 11.2 Å². The van der Waals surface area contributed by atoms with E-state index in [1.165, 1.54) is 0 Å². The van der Waals surface area contributed by atoms with Gasteiger partial charge in [-0.2, -0.15) is 0 Å². The maximum atomic E-state index is 11.6. The van der Waals surface area contributed by atoms with E-state index in [9.17, 15) is 9.90 Å². The van der Waals surface area contributed by atoms with E-state index in [-0.39, 0.29) is 6.04 Å². The Hall–Kier alpha value is -2.79. The van der Waals surface area contributed by atoms with Crippen LogP contribution >= 0.6 is 0 Å². The summed E-state index contributed by atoms with van der Waals surface area (Å²) in [5.74, 6) is -0.206. The van der Waals surface area contributed by atoms with Gasteiger partial charge in [-0.25, -0.2) is 0 Å². The number of carboxylic acid groups (broad SMARTS) is 1. The molecule has 1 aliphatic heterocycles. The number of ether oxygens (including phenoxy) is 1. The minimum absolute atomic E-state index is 0.102. The van der Waals surface area contributed by atoms with Gasteiger partial charge in [0.1, 0.15) is 11.8 Å². The highest BCUT2D eigenvalue weighted by Crippen LogP contribution is 2.32. The summed E-state index contributed by atoms with van der Waals surface area (Å²) in [6.07, 6.45) is 0.467. The minimum Gasteiger partial charge on any atom is -0.544 e. The first-order chi connectivity index (χ1) is 12.2. The molecule has 2 atom stereocenters. The zero-order valence-electron chi connectivity index (χ0n) is 14.0. The zero-order chi connectivity index (χ0) is 17.4. The number of para-hydroxylation sites is 1. The summed E-state index contributed by atoms with van der Waals surface area (Å²) in [5.41, 5.74) is 4.23. The summed E-state index contributed by atoms with van der Waals surface area (Å²) in [7, 11) is 0. The number of H-pyrrole nitrogens is 1. The Labute approximate surface area is 145 Å². The number of nitrogens with two attached hydrogens (primary N) is 1. The minimum atomic E-state index is -1.02. The van der Waals surface area contributed by atoms with Crippen molar-refractivity contribution in [3.63, 3.8) is 0 Å². The molecule has 2 heterocycles. The predicted molar refractivity (Wildman–Crippen MR) is 92.2 cm³/mol. The topological polar surface area (TPSA) is 81.8 Å². The fraction of sp³-hybridized carbons (Fsp3) is 0.250. The number of aliphatic carboxylic acids is 1. The fourth-order valence-electron chi connectivity index (χ4n) is 3.70. The molecule has 5 nitrogen and oxygen atoms in total. The SMILES string of the molecule is CCOc1ccc([C@@H]2[NH2+][C@H](C(=O)[O-])Cc3c2[nH]c2ccccc32)cc1. The van der Waals surface area contributed by atoms with Crippen LogP contribution in [0, 0.1) is 0 Å². The standard InChI is InChI=1S/C20H20N2O3/c1-2-25-13-9-7-12(8-10-13)18-19-15(11-17(22-18)20(23)24)14-5-3-4-6-16(14)21-19/h3-10,17-18,21-22H,2,11H2,1H3,(H,23,24)/t17-,18-/m0/s1. The molecule has 3 N–H and O–H groups in total. The number of rotatable bonds is 4. The molecule has 0 fully saturated rings. The maximum Gasteiger partial charge on any atom is 0.153 e. The van der Waals surface area contributed by atoms with E-state index in [2.05, 4.69) is 4.98 Å². The quantitative estimate of drug-likeness (QED) is 0.742. The summed E-state index contributed by atoms with van der Waals surface area (Å²) >= 11 is 0. The summed E-state index contributed by atoms with van der Waals surface area (Å²) in [6, 6.07) is 15.2. The molecule has 4 rings (SSSR count). The molecule has 1 aliphatic rings. The van der Waals surface area contributed by atoms with Gasteiger partial charge in [-0.15, -0.1) is 0 Å². The number of carboxylic acids is 1. The van der Waals surface area contributed by atoms with Crippen LogP contribution in [0.5, 0.6) is 5.75 Å². The largest absolute Gasteiger partial charge is 0.544 e. The smallest absolute Gasteiger partial charge is 0.153 e. The van der Waals surface area contributed by atoms with Crippen LogP contribution in [0.2, 0.25) is 0 Å². The van der Waals surface area contributed by atoms with Crippen LogP contribution in [-0.4, -0.2) is 23.6 Å². The summed E-state index contributed by atoms with van der Waals surface area (Å²) in [5, 5.41) is 14.5. The average Bonchev–Trinajstić information content (AvgIpc) is 3.00. The molecule has 0 radical (unpaired) electrons. The van der Waals surface area contributed by atoms with Crippen molar-refractivity contribution in [2.75, 3.05) is 6.61 Å². The van der Waals surface area contributed by atoms with Crippen LogP contribution < -0.4 is 15.2 Å². The van der Waals surface area contributed by atoms with E-state index in [1.807, 2.05) is 60.8 Å². The lowest BCUT2D eigenvalue weighted by atomic mass is 9.90. The molecule has 3 aromatic rings. The van der Waals surface area contributed by atoms with Crippen molar-refractivity contribution in [1.29, 1.82) is 0 Å². The first kappa shape index (κ1) is 15.7. The van der Waals surface area contributed by atoms with Gasteiger partial charge >= 0.3 is 0 Å². The van der Waals surface area contributed by atoms with E-state index in [0.29, 0.717) is 13.0 Å². The van der Waals surface area contributed by atoms with Crippen molar-refractivity contribution < 1.29 is 20.0 Å². The van der Waals surface area contributed by atoms with Gasteiger partial charge < -0.3 is 24.9 Å². The number of carbonyl (C=O) groups excluding carboxylic acids is 1. The summed E-state index contributed by atoms with van der Waals surface area (Å²) < 4.78 is 5.50. The number of hydrogen-bond donors (Lipinski definition) is 2. The fourth-order valence-corrected chi connectivity index (χ4v) is 3.70. The van der Waals surface area contributed by atoms with Crippen LogP contribution in [0.4, 0.5) is 0 Å². The highest BCUT2D eigenvalue weighted by atomic mass is 16.5. The molecule has 25 heavy (non-hydrogen) atoms. The van der Waals surface area contributed by atoms with Crippen molar-refractivity contribution in [2.45, 2.75) is 25.4 Å². The second-order valence-electron chi connectivity index (χ2n) is 6.36. The molecule has 128 valence electrons. The van der Waals surface area contributed by atoms with Crippen LogP contribution in [0.1, 0.15) is 29.8 Å². The molecule has 1 aromatic heterocycles. The second kappa shape index (κ2) is 6.26.